The van der Waals surface area contributed by atoms with Crippen LogP contribution < -0.4 is 15.8 Å². The average Bonchev–Trinajstić information content (AvgIpc) is 2.57. The maximum absolute atomic E-state index is 12.2. The highest BCUT2D eigenvalue weighted by atomic mass is 16.5. The number of nitrogens with two attached hydrogens (primary N) is 1. The van der Waals surface area contributed by atoms with Gasteiger partial charge in [0.1, 0.15) is 5.75 Å². The quantitative estimate of drug-likeness (QED) is 0.855. The van der Waals surface area contributed by atoms with E-state index in [9.17, 15) is 9.59 Å². The fourth-order valence-electron chi connectivity index (χ4n) is 2.86. The lowest BCUT2D eigenvalue weighted by Gasteiger charge is -2.36. The molecule has 1 aliphatic rings. The van der Waals surface area contributed by atoms with Crippen LogP contribution in [0.1, 0.15) is 34.7 Å². The lowest BCUT2D eigenvalue weighted by Crippen LogP contribution is -2.43. The van der Waals surface area contributed by atoms with Gasteiger partial charge in [0, 0.05) is 11.6 Å². The minimum absolute atomic E-state index is 0.0898. The van der Waals surface area contributed by atoms with E-state index in [1.54, 1.807) is 24.3 Å². The first-order chi connectivity index (χ1) is 11.6. The topological polar surface area (TPSA) is 81.4 Å². The van der Waals surface area contributed by atoms with Gasteiger partial charge in [-0.05, 0) is 48.6 Å². The van der Waals surface area contributed by atoms with Crippen molar-refractivity contribution in [2.24, 2.45) is 5.73 Å². The van der Waals surface area contributed by atoms with Gasteiger partial charge in [-0.3, -0.25) is 9.59 Å². The summed E-state index contributed by atoms with van der Waals surface area (Å²) < 4.78 is 5.17. The molecule has 0 radical (unpaired) electrons. The van der Waals surface area contributed by atoms with Crippen molar-refractivity contribution < 1.29 is 14.3 Å². The number of hydrogen-bond donors (Lipinski definition) is 2. The summed E-state index contributed by atoms with van der Waals surface area (Å²) in [5.41, 5.74) is 6.93. The Balaban J connectivity index is 1.48. The van der Waals surface area contributed by atoms with Crippen LogP contribution in [-0.2, 0) is 4.79 Å². The number of carbonyl (C=O) groups is 2. The van der Waals surface area contributed by atoms with Gasteiger partial charge >= 0.3 is 0 Å². The number of benzene rings is 2. The Kier molecular flexibility index (Phi) is 4.79. The van der Waals surface area contributed by atoms with Crippen LogP contribution in [0.2, 0.25) is 0 Å². The number of amides is 2. The normalized spacial score (nSPS) is 19.2. The SMILES string of the molecule is NC(=O)COc1ccc(C(=O)NC2CC(c3ccccc3)C2)cc1. The van der Waals surface area contributed by atoms with Crippen molar-refractivity contribution in [1.29, 1.82) is 0 Å². The summed E-state index contributed by atoms with van der Waals surface area (Å²) in [6, 6.07) is 17.3. The Labute approximate surface area is 140 Å². The molecule has 2 aromatic rings. The minimum atomic E-state index is -0.533. The largest absolute Gasteiger partial charge is 0.484 e. The molecule has 0 bridgehead atoms. The molecule has 24 heavy (non-hydrogen) atoms. The van der Waals surface area contributed by atoms with Crippen LogP contribution in [0.3, 0.4) is 0 Å². The van der Waals surface area contributed by atoms with E-state index in [-0.39, 0.29) is 18.6 Å². The highest BCUT2D eigenvalue weighted by Crippen LogP contribution is 2.36. The van der Waals surface area contributed by atoms with Crippen LogP contribution in [0.5, 0.6) is 5.75 Å². The van der Waals surface area contributed by atoms with Gasteiger partial charge in [-0.1, -0.05) is 30.3 Å². The van der Waals surface area contributed by atoms with Gasteiger partial charge in [0.25, 0.3) is 11.8 Å². The predicted molar refractivity (Wildman–Crippen MR) is 90.8 cm³/mol. The van der Waals surface area contributed by atoms with Crippen LogP contribution >= 0.6 is 0 Å². The van der Waals surface area contributed by atoms with Crippen LogP contribution in [0.25, 0.3) is 0 Å². The van der Waals surface area contributed by atoms with Gasteiger partial charge < -0.3 is 15.8 Å². The summed E-state index contributed by atoms with van der Waals surface area (Å²) in [5, 5.41) is 3.05. The Hall–Kier alpha value is -2.82. The van der Waals surface area contributed by atoms with E-state index in [1.807, 2.05) is 18.2 Å². The zero-order valence-electron chi connectivity index (χ0n) is 13.3. The molecule has 0 atom stereocenters. The predicted octanol–water partition coefficient (Wildman–Crippen LogP) is 2.23. The lowest BCUT2D eigenvalue weighted by atomic mass is 9.76. The van der Waals surface area contributed by atoms with Gasteiger partial charge in [-0.15, -0.1) is 0 Å². The van der Waals surface area contributed by atoms with Crippen LogP contribution in [-0.4, -0.2) is 24.5 Å². The van der Waals surface area contributed by atoms with Gasteiger partial charge in [-0.25, -0.2) is 0 Å². The minimum Gasteiger partial charge on any atom is -0.484 e. The van der Waals surface area contributed by atoms with Crippen molar-refractivity contribution in [3.05, 3.63) is 65.7 Å². The van der Waals surface area contributed by atoms with Gasteiger partial charge in [0.15, 0.2) is 6.61 Å². The van der Waals surface area contributed by atoms with Crippen molar-refractivity contribution >= 4 is 11.8 Å². The van der Waals surface area contributed by atoms with Crippen LogP contribution in [0, 0.1) is 0 Å². The number of hydrogen-bond acceptors (Lipinski definition) is 3. The zero-order valence-corrected chi connectivity index (χ0v) is 13.3. The number of rotatable bonds is 6. The molecule has 3 rings (SSSR count). The van der Waals surface area contributed by atoms with E-state index in [2.05, 4.69) is 17.4 Å². The highest BCUT2D eigenvalue weighted by molar-refractivity contribution is 5.94. The zero-order chi connectivity index (χ0) is 16.9. The van der Waals surface area contributed by atoms with Gasteiger partial charge in [-0.2, -0.15) is 0 Å². The molecule has 5 nitrogen and oxygen atoms in total. The summed E-state index contributed by atoms with van der Waals surface area (Å²) in [4.78, 5) is 22.9. The molecule has 0 spiro atoms. The molecule has 0 aromatic heterocycles. The molecule has 0 saturated heterocycles. The summed E-state index contributed by atoms with van der Waals surface area (Å²) in [5.74, 6) is 0.418. The van der Waals surface area contributed by atoms with Crippen molar-refractivity contribution in [3.63, 3.8) is 0 Å². The fourth-order valence-corrected chi connectivity index (χ4v) is 2.86. The van der Waals surface area contributed by atoms with Gasteiger partial charge in [0.05, 0.1) is 0 Å². The Morgan fingerprint density at radius 3 is 2.33 bits per heavy atom. The maximum atomic E-state index is 12.2. The molecule has 0 aliphatic heterocycles. The molecule has 0 heterocycles. The van der Waals surface area contributed by atoms with Crippen LogP contribution in [0.4, 0.5) is 0 Å². The first-order valence-corrected chi connectivity index (χ1v) is 7.99. The second-order valence-corrected chi connectivity index (χ2v) is 6.03. The molecule has 2 amide bonds. The third-order valence-electron chi connectivity index (χ3n) is 4.24. The number of ether oxygens (including phenoxy) is 1. The number of primary amides is 1. The summed E-state index contributed by atoms with van der Waals surface area (Å²) in [6.45, 7) is -0.172. The number of nitrogens with one attached hydrogen (secondary N) is 1. The Morgan fingerprint density at radius 1 is 1.04 bits per heavy atom. The third-order valence-corrected chi connectivity index (χ3v) is 4.24. The molecule has 124 valence electrons. The molecule has 2 aromatic carbocycles. The second kappa shape index (κ2) is 7.17. The van der Waals surface area contributed by atoms with Crippen molar-refractivity contribution in [1.82, 2.24) is 5.32 Å². The smallest absolute Gasteiger partial charge is 0.255 e. The van der Waals surface area contributed by atoms with E-state index in [4.69, 9.17) is 10.5 Å². The molecular weight excluding hydrogens is 304 g/mol. The summed E-state index contributed by atoms with van der Waals surface area (Å²) in [6.07, 6.45) is 1.94. The van der Waals surface area contributed by atoms with Crippen LogP contribution in [0.15, 0.2) is 54.6 Å². The molecule has 0 unspecified atom stereocenters. The van der Waals surface area contributed by atoms with E-state index < -0.39 is 5.91 Å². The lowest BCUT2D eigenvalue weighted by molar-refractivity contribution is -0.119. The molecule has 1 aliphatic carbocycles. The first-order valence-electron chi connectivity index (χ1n) is 7.99. The molecule has 3 N–H and O–H groups in total. The monoisotopic (exact) mass is 324 g/mol. The summed E-state index contributed by atoms with van der Waals surface area (Å²) in [7, 11) is 0. The maximum Gasteiger partial charge on any atom is 0.255 e. The van der Waals surface area contributed by atoms with E-state index in [0.29, 0.717) is 17.2 Å². The Morgan fingerprint density at radius 2 is 1.71 bits per heavy atom. The first kappa shape index (κ1) is 16.1. The molecule has 1 saturated carbocycles. The van der Waals surface area contributed by atoms with Crippen molar-refractivity contribution in [2.45, 2.75) is 24.8 Å². The standard InChI is InChI=1S/C19H20N2O3/c20-18(22)12-24-17-8-6-14(7-9-17)19(23)21-16-10-15(11-16)13-4-2-1-3-5-13/h1-9,15-16H,10-12H2,(H2,20,22)(H,21,23). The molecule has 1 fully saturated rings. The van der Waals surface area contributed by atoms with E-state index >= 15 is 0 Å². The highest BCUT2D eigenvalue weighted by Gasteiger charge is 2.31. The average molecular weight is 324 g/mol. The van der Waals surface area contributed by atoms with Gasteiger partial charge in [0.2, 0.25) is 0 Å². The van der Waals surface area contributed by atoms with Crippen molar-refractivity contribution in [3.8, 4) is 5.75 Å². The Bertz CT molecular complexity index is 707. The summed E-state index contributed by atoms with van der Waals surface area (Å²) >= 11 is 0. The fraction of sp³-hybridized carbons (Fsp3) is 0.263. The third kappa shape index (κ3) is 3.93. The van der Waals surface area contributed by atoms with Crippen molar-refractivity contribution in [2.75, 3.05) is 6.61 Å². The van der Waals surface area contributed by atoms with E-state index in [0.717, 1.165) is 12.8 Å². The molecule has 5 heteroatoms. The second-order valence-electron chi connectivity index (χ2n) is 6.03. The van der Waals surface area contributed by atoms with E-state index in [1.165, 1.54) is 5.56 Å². The molecular formula is C19H20N2O3. The number of carbonyl (C=O) groups excluding carboxylic acids is 2.